The predicted molar refractivity (Wildman–Crippen MR) is 114 cm³/mol. The molecule has 0 aliphatic heterocycles. The molecule has 4 aromatic rings. The molecule has 0 fully saturated rings. The molecule has 31 heavy (non-hydrogen) atoms. The Morgan fingerprint density at radius 2 is 1.94 bits per heavy atom. The standard InChI is InChI=1S/C23H19N3O5/c1-15(27)25-19-7-8-20-17(9-22(28)31-21(20)10-19)14-30-23(29)18-11-24-26(13-18)12-16-5-3-2-4-6-16/h2-11,13H,12,14H2,1H3,(H,25,27). The van der Waals surface area contributed by atoms with E-state index in [0.717, 1.165) is 5.56 Å². The lowest BCUT2D eigenvalue weighted by atomic mass is 10.1. The van der Waals surface area contributed by atoms with Gasteiger partial charge in [-0.2, -0.15) is 5.10 Å². The fourth-order valence-corrected chi connectivity index (χ4v) is 3.18. The highest BCUT2D eigenvalue weighted by Gasteiger charge is 2.13. The molecule has 1 amide bonds. The number of esters is 1. The van der Waals surface area contributed by atoms with Crippen LogP contribution in [0, 0.1) is 0 Å². The number of aromatic nitrogens is 2. The van der Waals surface area contributed by atoms with Crippen LogP contribution >= 0.6 is 0 Å². The van der Waals surface area contributed by atoms with E-state index in [-0.39, 0.29) is 12.5 Å². The van der Waals surface area contributed by atoms with Crippen LogP contribution in [0.5, 0.6) is 0 Å². The van der Waals surface area contributed by atoms with Crippen LogP contribution in [0.15, 0.2) is 76.2 Å². The third-order valence-electron chi connectivity index (χ3n) is 4.57. The molecular weight excluding hydrogens is 398 g/mol. The van der Waals surface area contributed by atoms with E-state index in [4.69, 9.17) is 9.15 Å². The molecular formula is C23H19N3O5. The van der Waals surface area contributed by atoms with Gasteiger partial charge in [-0.25, -0.2) is 9.59 Å². The summed E-state index contributed by atoms with van der Waals surface area (Å²) in [6, 6.07) is 16.0. The largest absolute Gasteiger partial charge is 0.457 e. The second-order valence-electron chi connectivity index (χ2n) is 6.97. The molecule has 0 radical (unpaired) electrons. The van der Waals surface area contributed by atoms with Gasteiger partial charge in [0.05, 0.1) is 18.3 Å². The smallest absolute Gasteiger partial charge is 0.341 e. The minimum Gasteiger partial charge on any atom is -0.457 e. The zero-order chi connectivity index (χ0) is 21.8. The number of ether oxygens (including phenoxy) is 1. The molecule has 8 nitrogen and oxygen atoms in total. The highest BCUT2D eigenvalue weighted by Crippen LogP contribution is 2.22. The molecule has 2 aromatic carbocycles. The molecule has 8 heteroatoms. The van der Waals surface area contributed by atoms with E-state index in [9.17, 15) is 14.4 Å². The number of carbonyl (C=O) groups is 2. The maximum atomic E-state index is 12.5. The summed E-state index contributed by atoms with van der Waals surface area (Å²) in [6.45, 7) is 1.82. The molecule has 0 bridgehead atoms. The van der Waals surface area contributed by atoms with Crippen molar-refractivity contribution in [3.63, 3.8) is 0 Å². The van der Waals surface area contributed by atoms with Gasteiger partial charge in [0.1, 0.15) is 12.2 Å². The van der Waals surface area contributed by atoms with Gasteiger partial charge in [-0.15, -0.1) is 0 Å². The Morgan fingerprint density at radius 1 is 1.13 bits per heavy atom. The summed E-state index contributed by atoms with van der Waals surface area (Å²) in [5.41, 5.74) is 2.10. The van der Waals surface area contributed by atoms with E-state index in [1.807, 2.05) is 30.3 Å². The topological polar surface area (TPSA) is 103 Å². The lowest BCUT2D eigenvalue weighted by Gasteiger charge is -2.08. The first kappa shape index (κ1) is 20.1. The van der Waals surface area contributed by atoms with E-state index in [1.54, 1.807) is 29.1 Å². The van der Waals surface area contributed by atoms with Gasteiger partial charge in [0.15, 0.2) is 0 Å². The SMILES string of the molecule is CC(=O)Nc1ccc2c(COC(=O)c3cnn(Cc4ccccc4)c3)cc(=O)oc2c1. The van der Waals surface area contributed by atoms with Crippen LogP contribution in [-0.2, 0) is 22.7 Å². The fraction of sp³-hybridized carbons (Fsp3) is 0.130. The van der Waals surface area contributed by atoms with Gasteiger partial charge in [0, 0.05) is 41.9 Å². The highest BCUT2D eigenvalue weighted by atomic mass is 16.5. The Morgan fingerprint density at radius 3 is 2.71 bits per heavy atom. The summed E-state index contributed by atoms with van der Waals surface area (Å²) >= 11 is 0. The highest BCUT2D eigenvalue weighted by molar-refractivity contribution is 5.92. The third-order valence-corrected chi connectivity index (χ3v) is 4.57. The summed E-state index contributed by atoms with van der Waals surface area (Å²) in [7, 11) is 0. The Balaban J connectivity index is 1.48. The summed E-state index contributed by atoms with van der Waals surface area (Å²) in [5.74, 6) is -0.782. The van der Waals surface area contributed by atoms with Crippen LogP contribution in [0.4, 0.5) is 5.69 Å². The minimum absolute atomic E-state index is 0.107. The molecule has 0 atom stereocenters. The van der Waals surface area contributed by atoms with Crippen LogP contribution in [-0.4, -0.2) is 21.7 Å². The van der Waals surface area contributed by atoms with Gasteiger partial charge < -0.3 is 14.5 Å². The normalized spacial score (nSPS) is 10.7. The zero-order valence-corrected chi connectivity index (χ0v) is 16.7. The average Bonchev–Trinajstić information content (AvgIpc) is 3.20. The number of nitrogens with one attached hydrogen (secondary N) is 1. The number of fused-ring (bicyclic) bond motifs is 1. The molecule has 0 unspecified atom stereocenters. The second-order valence-corrected chi connectivity index (χ2v) is 6.97. The van der Waals surface area contributed by atoms with Gasteiger partial charge >= 0.3 is 11.6 Å². The molecule has 2 heterocycles. The Bertz CT molecular complexity index is 1310. The molecule has 0 saturated heterocycles. The van der Waals surface area contributed by atoms with Crippen molar-refractivity contribution >= 4 is 28.5 Å². The zero-order valence-electron chi connectivity index (χ0n) is 16.7. The van der Waals surface area contributed by atoms with E-state index >= 15 is 0 Å². The summed E-state index contributed by atoms with van der Waals surface area (Å²) in [5, 5.41) is 7.45. The summed E-state index contributed by atoms with van der Waals surface area (Å²) < 4.78 is 12.3. The van der Waals surface area contributed by atoms with Crippen LogP contribution in [0.1, 0.15) is 28.4 Å². The number of hydrogen-bond acceptors (Lipinski definition) is 6. The third kappa shape index (κ3) is 4.87. The quantitative estimate of drug-likeness (QED) is 0.381. The van der Waals surface area contributed by atoms with Crippen molar-refractivity contribution in [2.24, 2.45) is 0 Å². The Labute approximate surface area is 177 Å². The van der Waals surface area contributed by atoms with E-state index < -0.39 is 11.6 Å². The van der Waals surface area contributed by atoms with Crippen molar-refractivity contribution in [2.75, 3.05) is 5.32 Å². The van der Waals surface area contributed by atoms with Crippen molar-refractivity contribution in [1.29, 1.82) is 0 Å². The maximum Gasteiger partial charge on any atom is 0.341 e. The van der Waals surface area contributed by atoms with Crippen molar-refractivity contribution in [3.8, 4) is 0 Å². The molecule has 0 saturated carbocycles. The number of nitrogens with zero attached hydrogens (tertiary/aromatic N) is 2. The van der Waals surface area contributed by atoms with Gasteiger partial charge in [-0.1, -0.05) is 30.3 Å². The molecule has 0 aliphatic carbocycles. The molecule has 0 spiro atoms. The number of benzene rings is 2. The monoisotopic (exact) mass is 417 g/mol. The van der Waals surface area contributed by atoms with E-state index in [1.165, 1.54) is 19.2 Å². The van der Waals surface area contributed by atoms with Crippen molar-refractivity contribution < 1.29 is 18.7 Å². The summed E-state index contributed by atoms with van der Waals surface area (Å²) in [4.78, 5) is 35.6. The van der Waals surface area contributed by atoms with E-state index in [2.05, 4.69) is 10.4 Å². The maximum absolute atomic E-state index is 12.5. The van der Waals surface area contributed by atoms with Crippen molar-refractivity contribution in [1.82, 2.24) is 9.78 Å². The van der Waals surface area contributed by atoms with Gasteiger partial charge in [-0.3, -0.25) is 9.48 Å². The van der Waals surface area contributed by atoms with Gasteiger partial charge in [0.25, 0.3) is 0 Å². The molecule has 2 aromatic heterocycles. The first-order chi connectivity index (χ1) is 15.0. The number of amides is 1. The van der Waals surface area contributed by atoms with Crippen LogP contribution in [0.25, 0.3) is 11.0 Å². The number of rotatable bonds is 6. The first-order valence-electron chi connectivity index (χ1n) is 9.56. The Kier molecular flexibility index (Phi) is 5.61. The van der Waals surface area contributed by atoms with Crippen LogP contribution < -0.4 is 10.9 Å². The van der Waals surface area contributed by atoms with E-state index in [0.29, 0.717) is 34.3 Å². The Hall–Kier alpha value is -4.20. The number of anilines is 1. The average molecular weight is 417 g/mol. The second kappa shape index (κ2) is 8.66. The molecule has 1 N–H and O–H groups in total. The molecule has 156 valence electrons. The molecule has 0 aliphatic rings. The lowest BCUT2D eigenvalue weighted by molar-refractivity contribution is -0.114. The van der Waals surface area contributed by atoms with Crippen LogP contribution in [0.3, 0.4) is 0 Å². The first-order valence-corrected chi connectivity index (χ1v) is 9.56. The summed E-state index contributed by atoms with van der Waals surface area (Å²) in [6.07, 6.45) is 3.06. The van der Waals surface area contributed by atoms with Gasteiger partial charge in [0.2, 0.25) is 5.91 Å². The van der Waals surface area contributed by atoms with Crippen LogP contribution in [0.2, 0.25) is 0 Å². The minimum atomic E-state index is -0.575. The lowest BCUT2D eigenvalue weighted by Crippen LogP contribution is -2.08. The van der Waals surface area contributed by atoms with Crippen molar-refractivity contribution in [2.45, 2.75) is 20.1 Å². The molecule has 4 rings (SSSR count). The predicted octanol–water partition coefficient (Wildman–Crippen LogP) is 3.35. The number of hydrogen-bond donors (Lipinski definition) is 1. The van der Waals surface area contributed by atoms with Gasteiger partial charge in [-0.05, 0) is 17.7 Å². The fourth-order valence-electron chi connectivity index (χ4n) is 3.18. The number of carbonyl (C=O) groups excluding carboxylic acids is 2. The van der Waals surface area contributed by atoms with Crippen molar-refractivity contribution in [3.05, 3.63) is 94.1 Å².